The Bertz CT molecular complexity index is 674. The lowest BCUT2D eigenvalue weighted by atomic mass is 10.0. The summed E-state index contributed by atoms with van der Waals surface area (Å²) in [6, 6.07) is 6.45. The summed E-state index contributed by atoms with van der Waals surface area (Å²) in [6.45, 7) is 6.11. The molecule has 1 aliphatic heterocycles. The van der Waals surface area contributed by atoms with Crippen molar-refractivity contribution in [2.75, 3.05) is 20.8 Å². The predicted octanol–water partition coefficient (Wildman–Crippen LogP) is 3.90. The van der Waals surface area contributed by atoms with Crippen LogP contribution in [0.2, 0.25) is 0 Å². The fraction of sp³-hybridized carbons (Fsp3) is 0.526. The first-order valence-corrected chi connectivity index (χ1v) is 8.57. The van der Waals surface area contributed by atoms with Gasteiger partial charge < -0.3 is 14.0 Å². The van der Waals surface area contributed by atoms with Crippen LogP contribution in [0.5, 0.6) is 11.5 Å². The number of benzene rings is 1. The van der Waals surface area contributed by atoms with Crippen LogP contribution in [0.1, 0.15) is 48.4 Å². The molecule has 1 aliphatic rings. The first-order chi connectivity index (χ1) is 11.7. The molecular weight excluding hydrogens is 304 g/mol. The van der Waals surface area contributed by atoms with Gasteiger partial charge >= 0.3 is 0 Å². The highest BCUT2D eigenvalue weighted by atomic mass is 16.5. The largest absolute Gasteiger partial charge is 0.497 e. The number of aryl methyl sites for hydroxylation is 2. The van der Waals surface area contributed by atoms with Gasteiger partial charge in [-0.1, -0.05) is 12.1 Å². The van der Waals surface area contributed by atoms with E-state index in [-0.39, 0.29) is 0 Å². The molecule has 1 fully saturated rings. The van der Waals surface area contributed by atoms with Crippen LogP contribution in [0.15, 0.2) is 22.7 Å². The highest BCUT2D eigenvalue weighted by molar-refractivity contribution is 5.38. The van der Waals surface area contributed by atoms with E-state index in [1.165, 1.54) is 17.5 Å². The molecule has 0 aliphatic carbocycles. The molecule has 2 heterocycles. The number of nitrogens with zero attached hydrogens (tertiary/aromatic N) is 2. The van der Waals surface area contributed by atoms with Crippen LogP contribution >= 0.6 is 0 Å². The lowest BCUT2D eigenvalue weighted by Gasteiger charge is -2.25. The molecule has 1 aromatic heterocycles. The molecule has 0 N–H and O–H groups in total. The van der Waals surface area contributed by atoms with Crippen molar-refractivity contribution in [1.29, 1.82) is 0 Å². The third kappa shape index (κ3) is 3.26. The lowest BCUT2D eigenvalue weighted by molar-refractivity contribution is 0.244. The second kappa shape index (κ2) is 7.26. The molecule has 1 atom stereocenters. The minimum atomic E-state index is 0.378. The van der Waals surface area contributed by atoms with Crippen LogP contribution in [-0.2, 0) is 13.0 Å². The van der Waals surface area contributed by atoms with Gasteiger partial charge in [0.05, 0.1) is 19.9 Å². The summed E-state index contributed by atoms with van der Waals surface area (Å²) in [5.74, 6) is 2.68. The van der Waals surface area contributed by atoms with Crippen LogP contribution in [0.3, 0.4) is 0 Å². The second-order valence-electron chi connectivity index (χ2n) is 6.31. The molecule has 5 heteroatoms. The average Bonchev–Trinajstić information content (AvgIpc) is 3.19. The Kier molecular flexibility index (Phi) is 5.09. The zero-order chi connectivity index (χ0) is 17.1. The van der Waals surface area contributed by atoms with E-state index in [9.17, 15) is 0 Å². The van der Waals surface area contributed by atoms with Crippen molar-refractivity contribution < 1.29 is 14.0 Å². The topological polar surface area (TPSA) is 47.7 Å². The Balaban J connectivity index is 1.85. The Morgan fingerprint density at radius 3 is 2.54 bits per heavy atom. The lowest BCUT2D eigenvalue weighted by Crippen LogP contribution is -2.23. The van der Waals surface area contributed by atoms with Crippen LogP contribution in [0, 0.1) is 6.92 Å². The highest BCUT2D eigenvalue weighted by Gasteiger charge is 2.31. The van der Waals surface area contributed by atoms with Gasteiger partial charge in [-0.25, -0.2) is 0 Å². The quantitative estimate of drug-likeness (QED) is 0.804. The minimum Gasteiger partial charge on any atom is -0.497 e. The minimum absolute atomic E-state index is 0.378. The molecule has 130 valence electrons. The van der Waals surface area contributed by atoms with Crippen LogP contribution in [-0.4, -0.2) is 30.8 Å². The normalized spacial score (nSPS) is 18.1. The standard InChI is InChI=1S/C19H26N2O3/c1-5-18-19(13(2)20-24-18)17-7-6-8-21(17)12-14-9-15(22-3)11-16(10-14)23-4/h9-11,17H,5-8,12H2,1-4H3. The number of ether oxygens (including phenoxy) is 2. The molecule has 24 heavy (non-hydrogen) atoms. The predicted molar refractivity (Wildman–Crippen MR) is 92.5 cm³/mol. The molecule has 0 bridgehead atoms. The van der Waals surface area contributed by atoms with E-state index in [1.807, 2.05) is 13.0 Å². The zero-order valence-corrected chi connectivity index (χ0v) is 15.0. The third-order valence-electron chi connectivity index (χ3n) is 4.80. The number of likely N-dealkylation sites (tertiary alicyclic amines) is 1. The molecular formula is C19H26N2O3. The van der Waals surface area contributed by atoms with Gasteiger partial charge in [-0.2, -0.15) is 0 Å². The number of hydrogen-bond donors (Lipinski definition) is 0. The Hall–Kier alpha value is -2.01. The van der Waals surface area contributed by atoms with Crippen LogP contribution in [0.25, 0.3) is 0 Å². The van der Waals surface area contributed by atoms with Gasteiger partial charge in [0.25, 0.3) is 0 Å². The van der Waals surface area contributed by atoms with Crippen LogP contribution in [0.4, 0.5) is 0 Å². The molecule has 3 rings (SSSR count). The summed E-state index contributed by atoms with van der Waals surface area (Å²) in [5.41, 5.74) is 3.50. The Morgan fingerprint density at radius 2 is 1.92 bits per heavy atom. The van der Waals surface area contributed by atoms with Crippen molar-refractivity contribution in [3.63, 3.8) is 0 Å². The second-order valence-corrected chi connectivity index (χ2v) is 6.31. The van der Waals surface area contributed by atoms with Gasteiger partial charge in [-0.05, 0) is 44.0 Å². The van der Waals surface area contributed by atoms with Crippen molar-refractivity contribution in [1.82, 2.24) is 10.1 Å². The van der Waals surface area contributed by atoms with Gasteiger partial charge in [-0.15, -0.1) is 0 Å². The van der Waals surface area contributed by atoms with Crippen LogP contribution < -0.4 is 9.47 Å². The monoisotopic (exact) mass is 330 g/mol. The van der Waals surface area contributed by atoms with E-state index < -0.39 is 0 Å². The first kappa shape index (κ1) is 16.8. The van der Waals surface area contributed by atoms with E-state index in [4.69, 9.17) is 14.0 Å². The fourth-order valence-corrected chi connectivity index (χ4v) is 3.64. The summed E-state index contributed by atoms with van der Waals surface area (Å²) in [4.78, 5) is 2.51. The molecule has 0 saturated carbocycles. The van der Waals surface area contributed by atoms with Gasteiger partial charge in [-0.3, -0.25) is 4.90 Å². The van der Waals surface area contributed by atoms with E-state index in [0.717, 1.165) is 48.9 Å². The van der Waals surface area contributed by atoms with E-state index in [1.54, 1.807) is 14.2 Å². The molecule has 0 amide bonds. The molecule has 1 aromatic carbocycles. The van der Waals surface area contributed by atoms with Crippen molar-refractivity contribution in [3.05, 3.63) is 40.8 Å². The smallest absolute Gasteiger partial charge is 0.141 e. The maximum absolute atomic E-state index is 5.51. The number of aromatic nitrogens is 1. The summed E-state index contributed by atoms with van der Waals surface area (Å²) < 4.78 is 16.3. The zero-order valence-electron chi connectivity index (χ0n) is 15.0. The van der Waals surface area contributed by atoms with Gasteiger partial charge in [0, 0.05) is 30.6 Å². The van der Waals surface area contributed by atoms with Crippen molar-refractivity contribution in [2.24, 2.45) is 0 Å². The van der Waals surface area contributed by atoms with Crippen molar-refractivity contribution in [2.45, 2.75) is 45.7 Å². The maximum atomic E-state index is 5.51. The Labute approximate surface area is 143 Å². The third-order valence-corrected chi connectivity index (χ3v) is 4.80. The van der Waals surface area contributed by atoms with E-state index in [0.29, 0.717) is 6.04 Å². The van der Waals surface area contributed by atoms with Crippen molar-refractivity contribution >= 4 is 0 Å². The number of hydrogen-bond acceptors (Lipinski definition) is 5. The fourth-order valence-electron chi connectivity index (χ4n) is 3.64. The van der Waals surface area contributed by atoms with E-state index >= 15 is 0 Å². The van der Waals surface area contributed by atoms with E-state index in [2.05, 4.69) is 29.1 Å². The molecule has 1 saturated heterocycles. The van der Waals surface area contributed by atoms with Gasteiger partial charge in [0.1, 0.15) is 17.3 Å². The average molecular weight is 330 g/mol. The van der Waals surface area contributed by atoms with Crippen molar-refractivity contribution in [3.8, 4) is 11.5 Å². The molecule has 2 aromatic rings. The Morgan fingerprint density at radius 1 is 1.21 bits per heavy atom. The first-order valence-electron chi connectivity index (χ1n) is 8.57. The number of methoxy groups -OCH3 is 2. The highest BCUT2D eigenvalue weighted by Crippen LogP contribution is 2.37. The molecule has 0 spiro atoms. The summed E-state index contributed by atoms with van der Waals surface area (Å²) in [5, 5.41) is 4.19. The number of rotatable bonds is 6. The maximum Gasteiger partial charge on any atom is 0.141 e. The summed E-state index contributed by atoms with van der Waals surface area (Å²) >= 11 is 0. The SMILES string of the molecule is CCc1onc(C)c1C1CCCN1Cc1cc(OC)cc(OC)c1. The van der Waals surface area contributed by atoms with Gasteiger partial charge in [0.2, 0.25) is 0 Å². The summed E-state index contributed by atoms with van der Waals surface area (Å²) in [6.07, 6.45) is 3.23. The van der Waals surface area contributed by atoms with Gasteiger partial charge in [0.15, 0.2) is 0 Å². The summed E-state index contributed by atoms with van der Waals surface area (Å²) in [7, 11) is 3.37. The molecule has 0 radical (unpaired) electrons. The molecule has 5 nitrogen and oxygen atoms in total. The molecule has 1 unspecified atom stereocenters.